The van der Waals surface area contributed by atoms with Crippen LogP contribution in [0.1, 0.15) is 44.4 Å². The molecule has 1 aliphatic heterocycles. The van der Waals surface area contributed by atoms with Gasteiger partial charge >= 0.3 is 5.97 Å². The summed E-state index contributed by atoms with van der Waals surface area (Å²) in [5.41, 5.74) is 7.53. The maximum absolute atomic E-state index is 13.3. The molecular weight excluding hydrogens is 492 g/mol. The number of amides is 3. The molecule has 5 unspecified atom stereocenters. The molecule has 1 aromatic carbocycles. The predicted octanol–water partition coefficient (Wildman–Crippen LogP) is 0.319. The van der Waals surface area contributed by atoms with Crippen LogP contribution in [0.4, 0.5) is 0 Å². The number of phenols is 1. The number of aromatic hydroxyl groups is 1. The molecule has 0 aliphatic carbocycles. The highest BCUT2D eigenvalue weighted by atomic mass is 16.4. The molecule has 7 N–H and O–H groups in total. The summed E-state index contributed by atoms with van der Waals surface area (Å²) < 4.78 is 0. The third-order valence-electron chi connectivity index (χ3n) is 6.94. The van der Waals surface area contributed by atoms with Crippen LogP contribution >= 0.6 is 0 Å². The van der Waals surface area contributed by atoms with Gasteiger partial charge in [-0.05, 0) is 42.9 Å². The number of aliphatic carboxylic acids is 1. The Bertz CT molecular complexity index is 1110. The average molecular weight is 529 g/mol. The third kappa shape index (κ3) is 7.31. The number of hydrogen-bond acceptors (Lipinski definition) is 7. The van der Waals surface area contributed by atoms with Crippen LogP contribution in [-0.2, 0) is 32.0 Å². The second kappa shape index (κ2) is 13.0. The van der Waals surface area contributed by atoms with E-state index in [0.717, 1.165) is 5.56 Å². The first-order valence-electron chi connectivity index (χ1n) is 12.8. The summed E-state index contributed by atoms with van der Waals surface area (Å²) in [7, 11) is 0. The van der Waals surface area contributed by atoms with Gasteiger partial charge in [0.1, 0.15) is 23.9 Å². The van der Waals surface area contributed by atoms with E-state index in [1.807, 2.05) is 6.92 Å². The van der Waals surface area contributed by atoms with Crippen molar-refractivity contribution >= 4 is 23.7 Å². The molecule has 1 aromatic heterocycles. The molecule has 1 aliphatic rings. The Balaban J connectivity index is 1.71. The van der Waals surface area contributed by atoms with Gasteiger partial charge in [0.05, 0.1) is 12.4 Å². The summed E-state index contributed by atoms with van der Waals surface area (Å²) in [5.74, 6) is -2.90. The van der Waals surface area contributed by atoms with Gasteiger partial charge in [0.2, 0.25) is 17.7 Å². The number of carbonyl (C=O) groups is 4. The quantitative estimate of drug-likeness (QED) is 0.227. The van der Waals surface area contributed by atoms with Crippen LogP contribution in [0.15, 0.2) is 36.8 Å². The van der Waals surface area contributed by atoms with Crippen molar-refractivity contribution in [2.24, 2.45) is 11.7 Å². The van der Waals surface area contributed by atoms with Crippen molar-refractivity contribution in [2.75, 3.05) is 6.54 Å². The van der Waals surface area contributed by atoms with E-state index in [1.165, 1.54) is 29.6 Å². The number of imidazole rings is 1. The lowest BCUT2D eigenvalue weighted by Gasteiger charge is -2.29. The van der Waals surface area contributed by atoms with E-state index in [1.54, 1.807) is 19.1 Å². The lowest BCUT2D eigenvalue weighted by atomic mass is 9.98. The Morgan fingerprint density at radius 1 is 1.18 bits per heavy atom. The number of aromatic amines is 1. The van der Waals surface area contributed by atoms with Crippen molar-refractivity contribution in [2.45, 2.75) is 70.1 Å². The van der Waals surface area contributed by atoms with E-state index >= 15 is 0 Å². The Hall–Kier alpha value is -3.93. The van der Waals surface area contributed by atoms with Crippen LogP contribution in [0.3, 0.4) is 0 Å². The first kappa shape index (κ1) is 28.6. The van der Waals surface area contributed by atoms with Gasteiger partial charge in [-0.3, -0.25) is 14.4 Å². The van der Waals surface area contributed by atoms with Crippen molar-refractivity contribution < 1.29 is 29.4 Å². The molecule has 3 amide bonds. The molecule has 0 spiro atoms. The Labute approximate surface area is 221 Å². The van der Waals surface area contributed by atoms with Crippen LogP contribution in [0, 0.1) is 5.92 Å². The highest BCUT2D eigenvalue weighted by Gasteiger charge is 2.38. The molecular formula is C26H36N6O6. The average Bonchev–Trinajstić information content (AvgIpc) is 3.59. The molecule has 2 heterocycles. The van der Waals surface area contributed by atoms with Crippen LogP contribution in [0.5, 0.6) is 5.75 Å². The zero-order valence-electron chi connectivity index (χ0n) is 21.6. The van der Waals surface area contributed by atoms with E-state index < -0.39 is 42.0 Å². The number of carbonyl (C=O) groups excluding carboxylic acids is 3. The van der Waals surface area contributed by atoms with Gasteiger partial charge in [-0.15, -0.1) is 0 Å². The number of nitrogens with two attached hydrogens (primary N) is 1. The molecule has 0 bridgehead atoms. The molecule has 12 nitrogen and oxygen atoms in total. The normalized spacial score (nSPS) is 18.3. The maximum atomic E-state index is 13.3. The van der Waals surface area contributed by atoms with Crippen molar-refractivity contribution in [3.63, 3.8) is 0 Å². The number of likely N-dealkylation sites (tertiary alicyclic amines) is 1. The minimum Gasteiger partial charge on any atom is -0.508 e. The lowest BCUT2D eigenvalue weighted by Crippen LogP contribution is -2.58. The largest absolute Gasteiger partial charge is 0.508 e. The Morgan fingerprint density at radius 2 is 1.89 bits per heavy atom. The highest BCUT2D eigenvalue weighted by Crippen LogP contribution is 2.20. The lowest BCUT2D eigenvalue weighted by molar-refractivity contribution is -0.144. The molecule has 0 saturated carbocycles. The van der Waals surface area contributed by atoms with Gasteiger partial charge in [-0.2, -0.15) is 0 Å². The second-order valence-corrected chi connectivity index (χ2v) is 9.72. The van der Waals surface area contributed by atoms with Crippen molar-refractivity contribution in [3.05, 3.63) is 48.0 Å². The van der Waals surface area contributed by atoms with Gasteiger partial charge in [0.25, 0.3) is 0 Å². The number of hydrogen-bond donors (Lipinski definition) is 6. The number of rotatable bonds is 12. The SMILES string of the molecule is CCC(C)C(NC(=O)C(Cc1cnc[nH]1)NC(=O)C1CCCN1C(=O)C(N)Cc1ccc(O)cc1)C(=O)O. The number of carboxylic acids is 1. The predicted molar refractivity (Wildman–Crippen MR) is 138 cm³/mol. The smallest absolute Gasteiger partial charge is 0.326 e. The minimum atomic E-state index is -1.16. The molecule has 5 atom stereocenters. The monoisotopic (exact) mass is 528 g/mol. The van der Waals surface area contributed by atoms with Gasteiger partial charge < -0.3 is 36.5 Å². The highest BCUT2D eigenvalue weighted by molar-refractivity contribution is 5.94. The number of aromatic nitrogens is 2. The number of nitrogens with zero attached hydrogens (tertiary/aromatic N) is 2. The molecule has 2 aromatic rings. The third-order valence-corrected chi connectivity index (χ3v) is 6.94. The second-order valence-electron chi connectivity index (χ2n) is 9.72. The number of nitrogens with one attached hydrogen (secondary N) is 3. The van der Waals surface area contributed by atoms with E-state index in [-0.39, 0.29) is 30.4 Å². The van der Waals surface area contributed by atoms with Crippen LogP contribution < -0.4 is 16.4 Å². The molecule has 206 valence electrons. The minimum absolute atomic E-state index is 0.0610. The number of phenolic OH excluding ortho intramolecular Hbond substituents is 1. The summed E-state index contributed by atoms with van der Waals surface area (Å²) in [6.07, 6.45) is 4.81. The fraction of sp³-hybridized carbons (Fsp3) is 0.500. The molecule has 1 fully saturated rings. The standard InChI is InChI=1S/C26H36N6O6/c1-3-15(2)22(26(37)38)31-23(34)20(12-17-13-28-14-29-17)30-24(35)21-5-4-10-32(21)25(36)19(27)11-16-6-8-18(33)9-7-16/h6-9,13-15,19-22,33H,3-5,10-12,27H2,1-2H3,(H,28,29)(H,30,35)(H,31,34)(H,37,38). The summed E-state index contributed by atoms with van der Waals surface area (Å²) in [6, 6.07) is 2.49. The van der Waals surface area contributed by atoms with E-state index in [4.69, 9.17) is 5.73 Å². The van der Waals surface area contributed by atoms with Crippen LogP contribution in [-0.4, -0.2) is 79.5 Å². The fourth-order valence-electron chi connectivity index (χ4n) is 4.52. The van der Waals surface area contributed by atoms with Crippen LogP contribution in [0.25, 0.3) is 0 Å². The first-order chi connectivity index (χ1) is 18.1. The van der Waals surface area contributed by atoms with Crippen molar-refractivity contribution in [1.29, 1.82) is 0 Å². The Kier molecular flexibility index (Phi) is 9.83. The molecule has 3 rings (SSSR count). The Morgan fingerprint density at radius 3 is 2.50 bits per heavy atom. The van der Waals surface area contributed by atoms with Crippen molar-refractivity contribution in [3.8, 4) is 5.75 Å². The van der Waals surface area contributed by atoms with Gasteiger partial charge in [-0.25, -0.2) is 9.78 Å². The molecule has 1 saturated heterocycles. The zero-order valence-corrected chi connectivity index (χ0v) is 21.6. The summed E-state index contributed by atoms with van der Waals surface area (Å²) in [5, 5.41) is 24.3. The maximum Gasteiger partial charge on any atom is 0.326 e. The number of benzene rings is 1. The summed E-state index contributed by atoms with van der Waals surface area (Å²) in [6.45, 7) is 3.91. The molecule has 12 heteroatoms. The number of H-pyrrole nitrogens is 1. The summed E-state index contributed by atoms with van der Waals surface area (Å²) >= 11 is 0. The van der Waals surface area contributed by atoms with E-state index in [2.05, 4.69) is 20.6 Å². The molecule has 38 heavy (non-hydrogen) atoms. The summed E-state index contributed by atoms with van der Waals surface area (Å²) in [4.78, 5) is 59.7. The van der Waals surface area contributed by atoms with Gasteiger partial charge in [0, 0.05) is 24.9 Å². The first-order valence-corrected chi connectivity index (χ1v) is 12.8. The van der Waals surface area contributed by atoms with E-state index in [9.17, 15) is 29.4 Å². The van der Waals surface area contributed by atoms with Gasteiger partial charge in [0.15, 0.2) is 0 Å². The van der Waals surface area contributed by atoms with E-state index in [0.29, 0.717) is 31.5 Å². The fourth-order valence-corrected chi connectivity index (χ4v) is 4.52. The van der Waals surface area contributed by atoms with Crippen molar-refractivity contribution in [1.82, 2.24) is 25.5 Å². The van der Waals surface area contributed by atoms with Crippen LogP contribution in [0.2, 0.25) is 0 Å². The zero-order chi connectivity index (χ0) is 27.8. The number of carboxylic acid groups (broad SMARTS) is 1. The van der Waals surface area contributed by atoms with Gasteiger partial charge in [-0.1, -0.05) is 32.4 Å². The molecule has 0 radical (unpaired) electrons. The topological polar surface area (TPSA) is 191 Å².